The number of aromatic nitrogens is 2. The molecule has 17 heavy (non-hydrogen) atoms. The summed E-state index contributed by atoms with van der Waals surface area (Å²) < 4.78 is 1.88. The molecule has 0 spiro atoms. The van der Waals surface area contributed by atoms with Crippen molar-refractivity contribution in [2.75, 3.05) is 13.1 Å². The van der Waals surface area contributed by atoms with Crippen molar-refractivity contribution < 1.29 is 4.79 Å². The van der Waals surface area contributed by atoms with Gasteiger partial charge in [0.25, 0.3) is 0 Å². The van der Waals surface area contributed by atoms with E-state index < -0.39 is 0 Å². The van der Waals surface area contributed by atoms with Gasteiger partial charge in [-0.2, -0.15) is 0 Å². The van der Waals surface area contributed by atoms with Crippen LogP contribution in [0.25, 0.3) is 0 Å². The molecule has 1 aliphatic rings. The van der Waals surface area contributed by atoms with E-state index in [-0.39, 0.29) is 17.2 Å². The molecule has 1 saturated heterocycles. The Bertz CT molecular complexity index is 436. The Morgan fingerprint density at radius 2 is 2.00 bits per heavy atom. The summed E-state index contributed by atoms with van der Waals surface area (Å²) >= 11 is 0. The molecule has 0 aliphatic carbocycles. The molecule has 4 nitrogen and oxygen atoms in total. The zero-order chi connectivity index (χ0) is 12.8. The third kappa shape index (κ3) is 2.14. The van der Waals surface area contributed by atoms with E-state index in [0.717, 1.165) is 24.6 Å². The molecule has 0 atom stereocenters. The Labute approximate surface area is 103 Å². The Morgan fingerprint density at radius 3 is 2.41 bits per heavy atom. The number of carbonyl (C=O) groups excluding carboxylic acids is 1. The molecule has 0 aromatic carbocycles. The molecule has 0 radical (unpaired) electrons. The van der Waals surface area contributed by atoms with Gasteiger partial charge in [-0.1, -0.05) is 0 Å². The Balaban J connectivity index is 2.03. The summed E-state index contributed by atoms with van der Waals surface area (Å²) in [6.07, 6.45) is 1.69. The highest BCUT2D eigenvalue weighted by atomic mass is 16.1. The molecule has 0 saturated carbocycles. The van der Waals surface area contributed by atoms with Gasteiger partial charge in [0.15, 0.2) is 5.78 Å². The molecule has 0 unspecified atom stereocenters. The zero-order valence-electron chi connectivity index (χ0n) is 11.3. The van der Waals surface area contributed by atoms with Crippen LogP contribution in [0.1, 0.15) is 37.1 Å². The number of hydrogen-bond donors (Lipinski definition) is 0. The van der Waals surface area contributed by atoms with E-state index in [1.165, 1.54) is 0 Å². The lowest BCUT2D eigenvalue weighted by molar-refractivity contribution is 0.0164. The molecule has 1 fully saturated rings. The second-order valence-corrected chi connectivity index (χ2v) is 5.89. The molecular weight excluding hydrogens is 214 g/mol. The Morgan fingerprint density at radius 1 is 1.41 bits per heavy atom. The standard InChI is InChI=1S/C13H21N3O/c1-9-14-6-11(15(9)5)12(17)10-7-16(8-10)13(2,3)4/h6,10H,7-8H2,1-5H3. The molecule has 2 rings (SSSR count). The maximum absolute atomic E-state index is 12.2. The summed E-state index contributed by atoms with van der Waals surface area (Å²) in [4.78, 5) is 18.8. The minimum atomic E-state index is 0.143. The lowest BCUT2D eigenvalue weighted by Crippen LogP contribution is -2.58. The highest BCUT2D eigenvalue weighted by Crippen LogP contribution is 2.27. The predicted octanol–water partition coefficient (Wildman–Crippen LogP) is 1.64. The number of nitrogens with zero attached hydrogens (tertiary/aromatic N) is 3. The maximum atomic E-state index is 12.2. The van der Waals surface area contributed by atoms with Gasteiger partial charge in [0.05, 0.1) is 6.20 Å². The number of rotatable bonds is 2. The number of aryl methyl sites for hydroxylation is 1. The minimum absolute atomic E-state index is 0.143. The van der Waals surface area contributed by atoms with Crippen molar-refractivity contribution in [2.24, 2.45) is 13.0 Å². The number of ketones is 1. The number of imidazole rings is 1. The van der Waals surface area contributed by atoms with Gasteiger partial charge < -0.3 is 4.57 Å². The second-order valence-electron chi connectivity index (χ2n) is 5.89. The van der Waals surface area contributed by atoms with Crippen LogP contribution in [0.15, 0.2) is 6.20 Å². The number of hydrogen-bond acceptors (Lipinski definition) is 3. The van der Waals surface area contributed by atoms with E-state index in [0.29, 0.717) is 0 Å². The summed E-state index contributed by atoms with van der Waals surface area (Å²) in [6, 6.07) is 0. The van der Waals surface area contributed by atoms with Crippen molar-refractivity contribution in [3.05, 3.63) is 17.7 Å². The van der Waals surface area contributed by atoms with Crippen LogP contribution in [-0.2, 0) is 7.05 Å². The lowest BCUT2D eigenvalue weighted by atomic mass is 9.88. The predicted molar refractivity (Wildman–Crippen MR) is 67.1 cm³/mol. The largest absolute Gasteiger partial charge is 0.329 e. The van der Waals surface area contributed by atoms with E-state index in [9.17, 15) is 4.79 Å². The molecule has 94 valence electrons. The van der Waals surface area contributed by atoms with E-state index in [2.05, 4.69) is 30.7 Å². The molecule has 0 bridgehead atoms. The molecule has 0 amide bonds. The van der Waals surface area contributed by atoms with Gasteiger partial charge in [-0.15, -0.1) is 0 Å². The van der Waals surface area contributed by atoms with Crippen LogP contribution in [0.5, 0.6) is 0 Å². The monoisotopic (exact) mass is 235 g/mol. The topological polar surface area (TPSA) is 38.1 Å². The molecule has 4 heteroatoms. The Hall–Kier alpha value is -1.16. The first kappa shape index (κ1) is 12.3. The van der Waals surface area contributed by atoms with Crippen molar-refractivity contribution in [2.45, 2.75) is 33.2 Å². The summed E-state index contributed by atoms with van der Waals surface area (Å²) in [5, 5.41) is 0. The average molecular weight is 235 g/mol. The van der Waals surface area contributed by atoms with Gasteiger partial charge >= 0.3 is 0 Å². The van der Waals surface area contributed by atoms with Crippen LogP contribution in [0, 0.1) is 12.8 Å². The van der Waals surface area contributed by atoms with Crippen LogP contribution in [-0.4, -0.2) is 38.9 Å². The van der Waals surface area contributed by atoms with Gasteiger partial charge in [-0.3, -0.25) is 9.69 Å². The fourth-order valence-corrected chi connectivity index (χ4v) is 2.13. The van der Waals surface area contributed by atoms with Crippen molar-refractivity contribution in [3.63, 3.8) is 0 Å². The van der Waals surface area contributed by atoms with Crippen molar-refractivity contribution in [1.82, 2.24) is 14.5 Å². The lowest BCUT2D eigenvalue weighted by Gasteiger charge is -2.46. The van der Waals surface area contributed by atoms with Crippen LogP contribution >= 0.6 is 0 Å². The number of carbonyl (C=O) groups is 1. The third-order valence-electron chi connectivity index (χ3n) is 3.67. The second kappa shape index (κ2) is 3.95. The first-order valence-corrected chi connectivity index (χ1v) is 6.08. The van der Waals surface area contributed by atoms with Crippen molar-refractivity contribution >= 4 is 5.78 Å². The summed E-state index contributed by atoms with van der Waals surface area (Å²) in [5.74, 6) is 1.26. The van der Waals surface area contributed by atoms with Crippen LogP contribution in [0.3, 0.4) is 0 Å². The fourth-order valence-electron chi connectivity index (χ4n) is 2.13. The average Bonchev–Trinajstić information content (AvgIpc) is 2.42. The van der Waals surface area contributed by atoms with Gasteiger partial charge in [-0.25, -0.2) is 4.98 Å². The highest BCUT2D eigenvalue weighted by Gasteiger charge is 2.39. The summed E-state index contributed by atoms with van der Waals surface area (Å²) in [5.41, 5.74) is 0.903. The first-order chi connectivity index (χ1) is 7.80. The van der Waals surface area contributed by atoms with E-state index in [1.54, 1.807) is 6.20 Å². The maximum Gasteiger partial charge on any atom is 0.186 e. The van der Waals surface area contributed by atoms with Crippen LogP contribution < -0.4 is 0 Å². The zero-order valence-corrected chi connectivity index (χ0v) is 11.3. The summed E-state index contributed by atoms with van der Waals surface area (Å²) in [6.45, 7) is 10.2. The van der Waals surface area contributed by atoms with Gasteiger partial charge in [0, 0.05) is 31.6 Å². The normalized spacial score (nSPS) is 18.2. The van der Waals surface area contributed by atoms with Crippen LogP contribution in [0.2, 0.25) is 0 Å². The number of likely N-dealkylation sites (tertiary alicyclic amines) is 1. The smallest absolute Gasteiger partial charge is 0.186 e. The first-order valence-electron chi connectivity index (χ1n) is 6.08. The van der Waals surface area contributed by atoms with E-state index in [1.807, 2.05) is 18.5 Å². The molecule has 0 N–H and O–H groups in total. The quantitative estimate of drug-likeness (QED) is 0.731. The molecular formula is C13H21N3O. The van der Waals surface area contributed by atoms with Crippen molar-refractivity contribution in [1.29, 1.82) is 0 Å². The molecule has 1 aromatic heterocycles. The molecule has 2 heterocycles. The van der Waals surface area contributed by atoms with Gasteiger partial charge in [0.2, 0.25) is 0 Å². The van der Waals surface area contributed by atoms with Gasteiger partial charge in [-0.05, 0) is 27.7 Å². The SMILES string of the molecule is Cc1ncc(C(=O)C2CN(C(C)(C)C)C2)n1C. The third-order valence-corrected chi connectivity index (χ3v) is 3.67. The highest BCUT2D eigenvalue weighted by molar-refractivity contribution is 5.97. The van der Waals surface area contributed by atoms with Crippen LogP contribution in [0.4, 0.5) is 0 Å². The molecule has 1 aliphatic heterocycles. The molecule has 1 aromatic rings. The van der Waals surface area contributed by atoms with E-state index >= 15 is 0 Å². The van der Waals surface area contributed by atoms with E-state index in [4.69, 9.17) is 0 Å². The Kier molecular flexibility index (Phi) is 2.86. The van der Waals surface area contributed by atoms with Gasteiger partial charge in [0.1, 0.15) is 11.5 Å². The van der Waals surface area contributed by atoms with Crippen molar-refractivity contribution in [3.8, 4) is 0 Å². The number of Topliss-reactive ketones (excluding diaryl/α,β-unsaturated/α-hetero) is 1. The summed E-state index contributed by atoms with van der Waals surface area (Å²) in [7, 11) is 1.90. The minimum Gasteiger partial charge on any atom is -0.329 e. The fraction of sp³-hybridized carbons (Fsp3) is 0.692.